The molecule has 172 valence electrons. The number of aryl methyl sites for hydroxylation is 1. The van der Waals surface area contributed by atoms with E-state index in [4.69, 9.17) is 4.74 Å². The van der Waals surface area contributed by atoms with Gasteiger partial charge >= 0.3 is 5.97 Å². The molecule has 0 saturated carbocycles. The fourth-order valence-electron chi connectivity index (χ4n) is 3.87. The van der Waals surface area contributed by atoms with E-state index in [1.807, 2.05) is 12.3 Å². The van der Waals surface area contributed by atoms with E-state index in [2.05, 4.69) is 34.4 Å². The summed E-state index contributed by atoms with van der Waals surface area (Å²) in [5.41, 5.74) is 1.45. The number of carbonyl (C=O) groups is 3. The number of ether oxygens (including phenoxy) is 1. The summed E-state index contributed by atoms with van der Waals surface area (Å²) in [6.07, 6.45) is 6.35. The summed E-state index contributed by atoms with van der Waals surface area (Å²) in [7, 11) is 1.31. The number of nitrogens with one attached hydrogen (secondary N) is 2. The van der Waals surface area contributed by atoms with Gasteiger partial charge in [-0.1, -0.05) is 13.8 Å². The Kier molecular flexibility index (Phi) is 7.25. The van der Waals surface area contributed by atoms with Gasteiger partial charge in [0, 0.05) is 25.2 Å². The second-order valence-electron chi connectivity index (χ2n) is 9.07. The molecule has 2 amide bonds. The summed E-state index contributed by atoms with van der Waals surface area (Å²) < 4.78 is 5.17. The van der Waals surface area contributed by atoms with Gasteiger partial charge in [0.15, 0.2) is 18.9 Å². The normalized spacial score (nSPS) is 16.8. The number of piperidine rings is 1. The molecule has 0 aliphatic carbocycles. The quantitative estimate of drug-likeness (QED) is 0.486. The van der Waals surface area contributed by atoms with E-state index in [1.165, 1.54) is 37.0 Å². The number of amides is 2. The van der Waals surface area contributed by atoms with E-state index < -0.39 is 5.97 Å². The van der Waals surface area contributed by atoms with Crippen molar-refractivity contribution in [3.8, 4) is 0 Å². The van der Waals surface area contributed by atoms with Crippen LogP contribution in [-0.4, -0.2) is 65.5 Å². The zero-order valence-electron chi connectivity index (χ0n) is 18.9. The Morgan fingerprint density at radius 2 is 1.78 bits per heavy atom. The lowest BCUT2D eigenvalue weighted by Crippen LogP contribution is -2.60. The van der Waals surface area contributed by atoms with Gasteiger partial charge in [-0.2, -0.15) is 0 Å². The van der Waals surface area contributed by atoms with Gasteiger partial charge in [-0.25, -0.2) is 9.78 Å². The molecule has 1 aliphatic heterocycles. The minimum Gasteiger partial charge on any atom is -0.465 e. The summed E-state index contributed by atoms with van der Waals surface area (Å²) in [6, 6.07) is 0. The van der Waals surface area contributed by atoms with Gasteiger partial charge in [-0.15, -0.1) is 11.3 Å². The largest absolute Gasteiger partial charge is 0.465 e. The first-order valence-corrected chi connectivity index (χ1v) is 11.4. The molecule has 9 nitrogen and oxygen atoms in total. The SMILES string of the molecule is COC(=O)c1scc(C)c1NC(=O)C[N+]1(CC(=O)Nc2cnccn2)CCC(C)(C)CC1. The minimum absolute atomic E-state index is 0.139. The number of hydrogen-bond donors (Lipinski definition) is 2. The fraction of sp³-hybridized carbons (Fsp3) is 0.500. The number of methoxy groups -OCH3 is 1. The topological polar surface area (TPSA) is 110 Å². The van der Waals surface area contributed by atoms with Crippen molar-refractivity contribution in [1.29, 1.82) is 0 Å². The van der Waals surface area contributed by atoms with Crippen LogP contribution in [0.2, 0.25) is 0 Å². The third-order valence-electron chi connectivity index (χ3n) is 5.92. The van der Waals surface area contributed by atoms with Crippen LogP contribution in [0.5, 0.6) is 0 Å². The van der Waals surface area contributed by atoms with Crippen molar-refractivity contribution >= 4 is 40.6 Å². The predicted molar refractivity (Wildman–Crippen MR) is 122 cm³/mol. The van der Waals surface area contributed by atoms with Crippen LogP contribution in [0, 0.1) is 12.3 Å². The van der Waals surface area contributed by atoms with Crippen LogP contribution in [-0.2, 0) is 14.3 Å². The van der Waals surface area contributed by atoms with Crippen molar-refractivity contribution in [2.45, 2.75) is 33.6 Å². The fourth-order valence-corrected chi connectivity index (χ4v) is 4.79. The number of carbonyl (C=O) groups excluding carboxylic acids is 3. The number of anilines is 2. The maximum Gasteiger partial charge on any atom is 0.350 e. The van der Waals surface area contributed by atoms with Crippen LogP contribution in [0.1, 0.15) is 41.9 Å². The third-order valence-corrected chi connectivity index (χ3v) is 7.00. The Labute approximate surface area is 191 Å². The Morgan fingerprint density at radius 1 is 1.12 bits per heavy atom. The zero-order chi connectivity index (χ0) is 23.4. The highest BCUT2D eigenvalue weighted by atomic mass is 32.1. The molecule has 2 aromatic rings. The molecule has 0 bridgehead atoms. The first-order valence-electron chi connectivity index (χ1n) is 10.5. The summed E-state index contributed by atoms with van der Waals surface area (Å²) in [6.45, 7) is 7.96. The molecular formula is C22H30N5O4S+. The molecule has 0 unspecified atom stereocenters. The zero-order valence-corrected chi connectivity index (χ0v) is 19.8. The molecule has 2 N–H and O–H groups in total. The van der Waals surface area contributed by atoms with E-state index in [-0.39, 0.29) is 30.3 Å². The average Bonchev–Trinajstić information content (AvgIpc) is 3.10. The van der Waals surface area contributed by atoms with Crippen molar-refractivity contribution in [2.75, 3.05) is 43.9 Å². The molecule has 2 aromatic heterocycles. The Hall–Kier alpha value is -2.85. The highest BCUT2D eigenvalue weighted by Gasteiger charge is 2.40. The first-order chi connectivity index (χ1) is 15.1. The molecule has 1 fully saturated rings. The average molecular weight is 461 g/mol. The molecule has 32 heavy (non-hydrogen) atoms. The molecule has 0 atom stereocenters. The second kappa shape index (κ2) is 9.74. The summed E-state index contributed by atoms with van der Waals surface area (Å²) in [5.74, 6) is -0.539. The molecule has 3 rings (SSSR count). The van der Waals surface area contributed by atoms with Gasteiger partial charge in [-0.3, -0.25) is 14.6 Å². The van der Waals surface area contributed by atoms with Crippen molar-refractivity contribution in [1.82, 2.24) is 9.97 Å². The highest BCUT2D eigenvalue weighted by Crippen LogP contribution is 2.34. The third kappa shape index (κ3) is 5.89. The summed E-state index contributed by atoms with van der Waals surface area (Å²) in [4.78, 5) is 46.3. The van der Waals surface area contributed by atoms with E-state index in [0.29, 0.717) is 34.0 Å². The number of thiophene rings is 1. The molecule has 1 saturated heterocycles. The van der Waals surface area contributed by atoms with Crippen LogP contribution in [0.4, 0.5) is 11.5 Å². The van der Waals surface area contributed by atoms with E-state index >= 15 is 0 Å². The van der Waals surface area contributed by atoms with Crippen molar-refractivity contribution in [3.63, 3.8) is 0 Å². The first kappa shape index (κ1) is 23.8. The highest BCUT2D eigenvalue weighted by molar-refractivity contribution is 7.12. The van der Waals surface area contributed by atoms with Gasteiger partial charge in [0.1, 0.15) is 4.88 Å². The van der Waals surface area contributed by atoms with Gasteiger partial charge in [0.05, 0.1) is 32.1 Å². The molecule has 0 spiro atoms. The number of quaternary nitrogens is 1. The van der Waals surface area contributed by atoms with Crippen LogP contribution in [0.25, 0.3) is 0 Å². The van der Waals surface area contributed by atoms with Gasteiger partial charge in [0.2, 0.25) is 0 Å². The number of rotatable bonds is 7. The monoisotopic (exact) mass is 460 g/mol. The predicted octanol–water partition coefficient (Wildman–Crippen LogP) is 2.85. The minimum atomic E-state index is -0.481. The number of hydrogen-bond acceptors (Lipinski definition) is 7. The smallest absolute Gasteiger partial charge is 0.350 e. The lowest BCUT2D eigenvalue weighted by Gasteiger charge is -2.45. The lowest BCUT2D eigenvalue weighted by molar-refractivity contribution is -0.919. The maximum atomic E-state index is 13.1. The van der Waals surface area contributed by atoms with Crippen molar-refractivity contribution < 1.29 is 23.6 Å². The van der Waals surface area contributed by atoms with E-state index in [9.17, 15) is 14.4 Å². The standard InChI is InChI=1S/C22H29N5O4S/c1-15-14-32-20(21(30)31-4)19(15)26-18(29)13-27(9-5-22(2,3)6-10-27)12-17(28)25-16-11-23-7-8-24-16/h7-8,11,14H,5-6,9-10,12-13H2,1-4H3,(H-,24,25,26,28,29,30)/p+1. The summed E-state index contributed by atoms with van der Waals surface area (Å²) in [5, 5.41) is 7.48. The van der Waals surface area contributed by atoms with Crippen molar-refractivity contribution in [2.24, 2.45) is 5.41 Å². The van der Waals surface area contributed by atoms with Crippen LogP contribution in [0.15, 0.2) is 24.0 Å². The Bertz CT molecular complexity index is 979. The molecule has 10 heteroatoms. The molecular weight excluding hydrogens is 430 g/mol. The number of nitrogens with zero attached hydrogens (tertiary/aromatic N) is 3. The second-order valence-corrected chi connectivity index (χ2v) is 9.95. The molecule has 3 heterocycles. The van der Waals surface area contributed by atoms with Gasteiger partial charge < -0.3 is 19.9 Å². The molecule has 1 aliphatic rings. The maximum absolute atomic E-state index is 13.1. The molecule has 0 radical (unpaired) electrons. The summed E-state index contributed by atoms with van der Waals surface area (Å²) >= 11 is 1.24. The van der Waals surface area contributed by atoms with Crippen LogP contribution in [0.3, 0.4) is 0 Å². The van der Waals surface area contributed by atoms with E-state index in [1.54, 1.807) is 0 Å². The molecule has 0 aromatic carbocycles. The van der Waals surface area contributed by atoms with Crippen LogP contribution < -0.4 is 10.6 Å². The Balaban J connectivity index is 1.75. The van der Waals surface area contributed by atoms with Gasteiger partial charge in [-0.05, 0) is 23.3 Å². The van der Waals surface area contributed by atoms with Gasteiger partial charge in [0.25, 0.3) is 11.8 Å². The lowest BCUT2D eigenvalue weighted by atomic mass is 9.81. The van der Waals surface area contributed by atoms with Crippen LogP contribution >= 0.6 is 11.3 Å². The number of aromatic nitrogens is 2. The number of esters is 1. The van der Waals surface area contributed by atoms with E-state index in [0.717, 1.165) is 18.4 Å². The van der Waals surface area contributed by atoms with Crippen molar-refractivity contribution in [3.05, 3.63) is 34.4 Å². The Morgan fingerprint density at radius 3 is 2.38 bits per heavy atom. The number of likely N-dealkylation sites (tertiary alicyclic amines) is 1.